The molecule has 3 saturated carbocycles. The zero-order valence-electron chi connectivity index (χ0n) is 18.7. The molecule has 3 fully saturated rings. The van der Waals surface area contributed by atoms with Crippen LogP contribution in [0.4, 0.5) is 0 Å². The van der Waals surface area contributed by atoms with Crippen LogP contribution in [0.15, 0.2) is 4.99 Å². The van der Waals surface area contributed by atoms with Crippen molar-refractivity contribution in [1.82, 2.24) is 4.90 Å². The fraction of sp³-hybridized carbons (Fsp3) is 0.920. The van der Waals surface area contributed by atoms with Gasteiger partial charge in [-0.15, -0.1) is 0 Å². The summed E-state index contributed by atoms with van der Waals surface area (Å²) in [5, 5.41) is 0. The van der Waals surface area contributed by atoms with E-state index in [1.807, 2.05) is 7.05 Å². The number of likely N-dealkylation sites (N-methyl/N-ethyl adjacent to an activating group) is 1. The summed E-state index contributed by atoms with van der Waals surface area (Å²) >= 11 is 0. The highest BCUT2D eigenvalue weighted by Crippen LogP contribution is 2.44. The van der Waals surface area contributed by atoms with Crippen molar-refractivity contribution < 1.29 is 4.79 Å². The van der Waals surface area contributed by atoms with Crippen LogP contribution in [0.5, 0.6) is 0 Å². The second kappa shape index (κ2) is 9.39. The van der Waals surface area contributed by atoms with Crippen LogP contribution in [0.3, 0.4) is 0 Å². The summed E-state index contributed by atoms with van der Waals surface area (Å²) in [6.07, 6.45) is 22.3. The first-order chi connectivity index (χ1) is 14.1. The van der Waals surface area contributed by atoms with Gasteiger partial charge in [-0.1, -0.05) is 77.0 Å². The zero-order chi connectivity index (χ0) is 20.3. The molecule has 0 aromatic heterocycles. The maximum Gasteiger partial charge on any atom is 0.257 e. The molecule has 2 N–H and O–H groups in total. The summed E-state index contributed by atoms with van der Waals surface area (Å²) in [5.74, 6) is 3.90. The minimum absolute atomic E-state index is 0.170. The summed E-state index contributed by atoms with van der Waals surface area (Å²) in [7, 11) is 1.81. The largest absolute Gasteiger partial charge is 0.369 e. The molecule has 29 heavy (non-hydrogen) atoms. The van der Waals surface area contributed by atoms with Gasteiger partial charge in [0.05, 0.1) is 0 Å². The summed E-state index contributed by atoms with van der Waals surface area (Å²) in [6, 6.07) is 0. The van der Waals surface area contributed by atoms with E-state index in [4.69, 9.17) is 10.7 Å². The van der Waals surface area contributed by atoms with Gasteiger partial charge in [-0.3, -0.25) is 9.69 Å². The van der Waals surface area contributed by atoms with Crippen LogP contribution < -0.4 is 5.73 Å². The van der Waals surface area contributed by atoms with Gasteiger partial charge in [-0.05, 0) is 55.8 Å². The third-order valence-electron chi connectivity index (χ3n) is 8.73. The molecule has 0 radical (unpaired) electrons. The fourth-order valence-electron chi connectivity index (χ4n) is 7.07. The summed E-state index contributed by atoms with van der Waals surface area (Å²) in [5.41, 5.74) is 5.59. The maximum atomic E-state index is 13.3. The second-order valence-electron chi connectivity index (χ2n) is 10.9. The topological polar surface area (TPSA) is 58.7 Å². The number of hydrogen-bond donors (Lipinski definition) is 1. The molecular weight excluding hydrogens is 358 g/mol. The Morgan fingerprint density at radius 1 is 0.897 bits per heavy atom. The number of carbonyl (C=O) groups is 1. The van der Waals surface area contributed by atoms with Crippen molar-refractivity contribution in [3.63, 3.8) is 0 Å². The number of aliphatic imine (C=N–C) groups is 1. The Morgan fingerprint density at radius 3 is 2.21 bits per heavy atom. The molecule has 0 spiro atoms. The molecule has 4 aliphatic rings. The van der Waals surface area contributed by atoms with Gasteiger partial charge in [0, 0.05) is 7.05 Å². The SMILES string of the molecule is CN1C(=O)[C@@](CCC2CCCCC2)(C[C@H]2CCC[C@@H](CC3CCCC3)C2)N=C1N. The van der Waals surface area contributed by atoms with Gasteiger partial charge in [0.15, 0.2) is 5.96 Å². The monoisotopic (exact) mass is 401 g/mol. The lowest BCUT2D eigenvalue weighted by atomic mass is 9.71. The highest BCUT2D eigenvalue weighted by molar-refractivity contribution is 6.06. The number of nitrogens with zero attached hydrogens (tertiary/aromatic N) is 2. The Labute approximate surface area is 178 Å². The molecule has 1 amide bonds. The third-order valence-corrected chi connectivity index (χ3v) is 8.73. The highest BCUT2D eigenvalue weighted by Gasteiger charge is 2.48. The summed E-state index contributed by atoms with van der Waals surface area (Å²) < 4.78 is 0. The number of guanidine groups is 1. The molecule has 0 bridgehead atoms. The molecule has 3 aliphatic carbocycles. The van der Waals surface area contributed by atoms with E-state index >= 15 is 0 Å². The smallest absolute Gasteiger partial charge is 0.257 e. The Bertz CT molecular complexity index is 591. The molecule has 4 rings (SSSR count). The van der Waals surface area contributed by atoms with Gasteiger partial charge in [-0.25, -0.2) is 4.99 Å². The van der Waals surface area contributed by atoms with Crippen molar-refractivity contribution in [3.05, 3.63) is 0 Å². The number of carbonyl (C=O) groups excluding carboxylic acids is 1. The van der Waals surface area contributed by atoms with Crippen molar-refractivity contribution in [3.8, 4) is 0 Å². The maximum absolute atomic E-state index is 13.3. The van der Waals surface area contributed by atoms with E-state index in [0.717, 1.165) is 37.0 Å². The highest BCUT2D eigenvalue weighted by atomic mass is 16.2. The lowest BCUT2D eigenvalue weighted by Gasteiger charge is -2.36. The van der Waals surface area contributed by atoms with Crippen LogP contribution in [0.2, 0.25) is 0 Å². The van der Waals surface area contributed by atoms with Crippen molar-refractivity contribution >= 4 is 11.9 Å². The van der Waals surface area contributed by atoms with Crippen molar-refractivity contribution in [2.24, 2.45) is 34.4 Å². The van der Waals surface area contributed by atoms with Crippen LogP contribution in [0.1, 0.15) is 109 Å². The van der Waals surface area contributed by atoms with Crippen molar-refractivity contribution in [1.29, 1.82) is 0 Å². The van der Waals surface area contributed by atoms with Gasteiger partial charge in [0.2, 0.25) is 0 Å². The lowest BCUT2D eigenvalue weighted by Crippen LogP contribution is -2.44. The number of rotatable bonds is 7. The Kier molecular flexibility index (Phi) is 6.86. The summed E-state index contributed by atoms with van der Waals surface area (Å²) in [4.78, 5) is 19.8. The lowest BCUT2D eigenvalue weighted by molar-refractivity contribution is -0.131. The average Bonchev–Trinajstić information content (AvgIpc) is 3.31. The number of hydrogen-bond acceptors (Lipinski definition) is 3. The van der Waals surface area contributed by atoms with Crippen LogP contribution in [0, 0.1) is 23.7 Å². The quantitative estimate of drug-likeness (QED) is 0.599. The van der Waals surface area contributed by atoms with Gasteiger partial charge in [0.25, 0.3) is 5.91 Å². The van der Waals surface area contributed by atoms with Crippen LogP contribution >= 0.6 is 0 Å². The van der Waals surface area contributed by atoms with E-state index in [2.05, 4.69) is 0 Å². The normalized spacial score (nSPS) is 34.7. The first-order valence-electron chi connectivity index (χ1n) is 12.7. The van der Waals surface area contributed by atoms with E-state index in [-0.39, 0.29) is 5.91 Å². The Morgan fingerprint density at radius 2 is 1.52 bits per heavy atom. The Balaban J connectivity index is 1.40. The van der Waals surface area contributed by atoms with E-state index < -0.39 is 5.54 Å². The van der Waals surface area contributed by atoms with Crippen LogP contribution in [0.25, 0.3) is 0 Å². The summed E-state index contributed by atoms with van der Waals surface area (Å²) in [6.45, 7) is 0. The first-order valence-corrected chi connectivity index (χ1v) is 12.7. The predicted molar refractivity (Wildman–Crippen MR) is 120 cm³/mol. The molecule has 4 nitrogen and oxygen atoms in total. The Hall–Kier alpha value is -1.06. The molecule has 1 heterocycles. The third kappa shape index (κ3) is 4.99. The predicted octanol–water partition coefficient (Wildman–Crippen LogP) is 5.65. The second-order valence-corrected chi connectivity index (χ2v) is 10.9. The minimum atomic E-state index is -0.559. The van der Waals surface area contributed by atoms with Gasteiger partial charge < -0.3 is 5.73 Å². The van der Waals surface area contributed by atoms with E-state index in [9.17, 15) is 4.79 Å². The molecular formula is C25H43N3O. The molecule has 0 aromatic rings. The number of amides is 1. The first kappa shape index (κ1) is 21.2. The van der Waals surface area contributed by atoms with Gasteiger partial charge >= 0.3 is 0 Å². The molecule has 3 atom stereocenters. The fourth-order valence-corrected chi connectivity index (χ4v) is 7.07. The minimum Gasteiger partial charge on any atom is -0.369 e. The van der Waals surface area contributed by atoms with Crippen molar-refractivity contribution in [2.45, 2.75) is 115 Å². The van der Waals surface area contributed by atoms with Gasteiger partial charge in [0.1, 0.15) is 5.54 Å². The van der Waals surface area contributed by atoms with Crippen LogP contribution in [-0.2, 0) is 4.79 Å². The van der Waals surface area contributed by atoms with Crippen LogP contribution in [-0.4, -0.2) is 29.4 Å². The molecule has 0 unspecified atom stereocenters. The molecule has 4 heteroatoms. The zero-order valence-corrected chi connectivity index (χ0v) is 18.7. The van der Waals surface area contributed by atoms with E-state index in [1.165, 1.54) is 89.9 Å². The van der Waals surface area contributed by atoms with Crippen molar-refractivity contribution in [2.75, 3.05) is 7.05 Å². The average molecular weight is 402 g/mol. The molecule has 164 valence electrons. The number of nitrogens with two attached hydrogens (primary N) is 1. The molecule has 0 aromatic carbocycles. The van der Waals surface area contributed by atoms with E-state index in [0.29, 0.717) is 11.9 Å². The molecule has 0 saturated heterocycles. The van der Waals surface area contributed by atoms with Gasteiger partial charge in [-0.2, -0.15) is 0 Å². The van der Waals surface area contributed by atoms with E-state index in [1.54, 1.807) is 4.90 Å². The molecule has 1 aliphatic heterocycles. The standard InChI is InChI=1S/C25H43N3O/c1-28-23(29)25(27-24(28)26,15-14-19-8-3-2-4-9-19)18-22-13-7-12-21(17-22)16-20-10-5-6-11-20/h19-22H,2-18H2,1H3,(H2,26,27)/t21-,22-,25+/m0/s1.